The summed E-state index contributed by atoms with van der Waals surface area (Å²) >= 11 is 0. The Labute approximate surface area is 199 Å². The van der Waals surface area contributed by atoms with Gasteiger partial charge in [-0.15, -0.1) is 0 Å². The standard InChI is InChI=1S/C26H31N3O5/c1-17(2)24(25(32)27-20(26(33)34-3)14-18-10-6-4-7-11-18)28-22(30)16-29-21(15-23(29)31)19-12-8-5-9-13-19/h4-13,17,20-21,24H,14-16H2,1-3H3,(H,27,32)(H,28,30)/t20-,21?,24-/m0/s1. The first-order valence-corrected chi connectivity index (χ1v) is 11.4. The molecule has 1 saturated heterocycles. The Balaban J connectivity index is 1.63. The number of carbonyl (C=O) groups excluding carboxylic acids is 4. The number of rotatable bonds is 10. The fourth-order valence-electron chi connectivity index (χ4n) is 3.98. The number of hydrogen-bond donors (Lipinski definition) is 2. The molecule has 34 heavy (non-hydrogen) atoms. The van der Waals surface area contributed by atoms with Crippen LogP contribution in [0.15, 0.2) is 60.7 Å². The zero-order valence-corrected chi connectivity index (χ0v) is 19.7. The van der Waals surface area contributed by atoms with Crippen molar-refractivity contribution in [2.75, 3.05) is 13.7 Å². The number of benzene rings is 2. The van der Waals surface area contributed by atoms with Crippen molar-refractivity contribution in [1.29, 1.82) is 0 Å². The minimum atomic E-state index is -0.891. The van der Waals surface area contributed by atoms with Crippen LogP contribution in [0.25, 0.3) is 0 Å². The minimum Gasteiger partial charge on any atom is -0.467 e. The fourth-order valence-corrected chi connectivity index (χ4v) is 3.98. The average Bonchev–Trinajstić information content (AvgIpc) is 2.84. The first-order valence-electron chi connectivity index (χ1n) is 11.4. The van der Waals surface area contributed by atoms with E-state index in [4.69, 9.17) is 4.74 Å². The lowest BCUT2D eigenvalue weighted by Gasteiger charge is -2.40. The third-order valence-electron chi connectivity index (χ3n) is 5.91. The molecule has 3 amide bonds. The van der Waals surface area contributed by atoms with Crippen molar-refractivity contribution in [2.45, 2.75) is 44.8 Å². The average molecular weight is 466 g/mol. The van der Waals surface area contributed by atoms with Gasteiger partial charge in [0.2, 0.25) is 17.7 Å². The van der Waals surface area contributed by atoms with E-state index in [1.165, 1.54) is 12.0 Å². The molecule has 0 saturated carbocycles. The number of nitrogens with zero attached hydrogens (tertiary/aromatic N) is 1. The Bertz CT molecular complexity index is 1010. The molecule has 0 bridgehead atoms. The molecular formula is C26H31N3O5. The lowest BCUT2D eigenvalue weighted by molar-refractivity contribution is -0.150. The molecule has 0 aliphatic carbocycles. The highest BCUT2D eigenvalue weighted by molar-refractivity contribution is 5.93. The fraction of sp³-hybridized carbons (Fsp3) is 0.385. The monoisotopic (exact) mass is 465 g/mol. The van der Waals surface area contributed by atoms with E-state index in [0.717, 1.165) is 11.1 Å². The lowest BCUT2D eigenvalue weighted by Crippen LogP contribution is -2.57. The molecule has 3 atom stereocenters. The molecule has 1 heterocycles. The molecule has 8 nitrogen and oxygen atoms in total. The van der Waals surface area contributed by atoms with Gasteiger partial charge in [0.25, 0.3) is 0 Å². The summed E-state index contributed by atoms with van der Waals surface area (Å²) in [6, 6.07) is 16.9. The molecule has 8 heteroatoms. The number of amides is 3. The van der Waals surface area contributed by atoms with E-state index >= 15 is 0 Å². The number of hydrogen-bond acceptors (Lipinski definition) is 5. The van der Waals surface area contributed by atoms with Crippen molar-refractivity contribution in [3.8, 4) is 0 Å². The first kappa shape index (κ1) is 25.0. The summed E-state index contributed by atoms with van der Waals surface area (Å²) in [7, 11) is 1.27. The summed E-state index contributed by atoms with van der Waals surface area (Å²) in [6.45, 7) is 3.46. The highest BCUT2D eigenvalue weighted by atomic mass is 16.5. The van der Waals surface area contributed by atoms with Crippen LogP contribution in [0.3, 0.4) is 0 Å². The third-order valence-corrected chi connectivity index (χ3v) is 5.91. The van der Waals surface area contributed by atoms with Gasteiger partial charge in [-0.3, -0.25) is 14.4 Å². The molecule has 1 unspecified atom stereocenters. The van der Waals surface area contributed by atoms with Crippen molar-refractivity contribution >= 4 is 23.7 Å². The van der Waals surface area contributed by atoms with Gasteiger partial charge in [-0.2, -0.15) is 0 Å². The van der Waals surface area contributed by atoms with Crippen molar-refractivity contribution in [3.05, 3.63) is 71.8 Å². The predicted molar refractivity (Wildman–Crippen MR) is 126 cm³/mol. The SMILES string of the molecule is COC(=O)[C@H](Cc1ccccc1)NC(=O)[C@@H](NC(=O)CN1C(=O)CC1c1ccccc1)C(C)C. The number of esters is 1. The molecule has 1 aliphatic rings. The summed E-state index contributed by atoms with van der Waals surface area (Å²) in [5.41, 5.74) is 1.83. The van der Waals surface area contributed by atoms with Gasteiger partial charge in [0, 0.05) is 6.42 Å². The van der Waals surface area contributed by atoms with Crippen molar-refractivity contribution < 1.29 is 23.9 Å². The van der Waals surface area contributed by atoms with Crippen LogP contribution in [0.1, 0.15) is 37.4 Å². The van der Waals surface area contributed by atoms with Crippen molar-refractivity contribution in [1.82, 2.24) is 15.5 Å². The van der Waals surface area contributed by atoms with E-state index in [0.29, 0.717) is 6.42 Å². The summed E-state index contributed by atoms with van der Waals surface area (Å²) < 4.78 is 4.86. The second kappa shape index (κ2) is 11.4. The Kier molecular flexibility index (Phi) is 8.40. The van der Waals surface area contributed by atoms with E-state index in [2.05, 4.69) is 10.6 Å². The van der Waals surface area contributed by atoms with E-state index in [1.807, 2.05) is 60.7 Å². The van der Waals surface area contributed by atoms with Crippen LogP contribution < -0.4 is 10.6 Å². The number of carbonyl (C=O) groups is 4. The van der Waals surface area contributed by atoms with E-state index in [1.54, 1.807) is 13.8 Å². The largest absolute Gasteiger partial charge is 0.467 e. The Morgan fingerprint density at radius 2 is 1.62 bits per heavy atom. The number of nitrogens with one attached hydrogen (secondary N) is 2. The van der Waals surface area contributed by atoms with E-state index < -0.39 is 29.9 Å². The molecule has 1 fully saturated rings. The molecule has 0 aromatic heterocycles. The number of β-lactam (4-membered cyclic amide) rings is 1. The maximum atomic E-state index is 13.0. The Morgan fingerprint density at radius 1 is 1.00 bits per heavy atom. The molecule has 0 radical (unpaired) electrons. The first-order chi connectivity index (χ1) is 16.3. The van der Waals surface area contributed by atoms with Crippen LogP contribution >= 0.6 is 0 Å². The second-order valence-corrected chi connectivity index (χ2v) is 8.72. The predicted octanol–water partition coefficient (Wildman–Crippen LogP) is 2.00. The van der Waals surface area contributed by atoms with Crippen LogP contribution in [0.4, 0.5) is 0 Å². The summed E-state index contributed by atoms with van der Waals surface area (Å²) in [5, 5.41) is 5.46. The number of methoxy groups -OCH3 is 1. The van der Waals surface area contributed by atoms with Crippen LogP contribution in [0.5, 0.6) is 0 Å². The molecule has 2 aromatic carbocycles. The molecule has 0 spiro atoms. The normalized spacial score (nSPS) is 16.9. The quantitative estimate of drug-likeness (QED) is 0.413. The number of likely N-dealkylation sites (tertiary alicyclic amines) is 1. The van der Waals surface area contributed by atoms with Crippen molar-refractivity contribution in [3.63, 3.8) is 0 Å². The molecule has 1 aliphatic heterocycles. The molecular weight excluding hydrogens is 434 g/mol. The maximum Gasteiger partial charge on any atom is 0.328 e. The van der Waals surface area contributed by atoms with Crippen LogP contribution in [0.2, 0.25) is 0 Å². The molecule has 2 N–H and O–H groups in total. The van der Waals surface area contributed by atoms with Crippen LogP contribution in [-0.4, -0.2) is 54.3 Å². The minimum absolute atomic E-state index is 0.108. The van der Waals surface area contributed by atoms with Gasteiger partial charge in [0.15, 0.2) is 0 Å². The lowest BCUT2D eigenvalue weighted by atomic mass is 9.94. The van der Waals surface area contributed by atoms with E-state index in [-0.39, 0.29) is 30.8 Å². The second-order valence-electron chi connectivity index (χ2n) is 8.72. The molecule has 180 valence electrons. The summed E-state index contributed by atoms with van der Waals surface area (Å²) in [4.78, 5) is 51.8. The highest BCUT2D eigenvalue weighted by Crippen LogP contribution is 2.33. The van der Waals surface area contributed by atoms with Crippen LogP contribution in [0, 0.1) is 5.92 Å². The van der Waals surface area contributed by atoms with Gasteiger partial charge in [0.1, 0.15) is 18.6 Å². The van der Waals surface area contributed by atoms with Crippen LogP contribution in [-0.2, 0) is 30.3 Å². The zero-order chi connectivity index (χ0) is 24.7. The van der Waals surface area contributed by atoms with Gasteiger partial charge in [-0.25, -0.2) is 4.79 Å². The maximum absolute atomic E-state index is 13.0. The Hall–Kier alpha value is -3.68. The summed E-state index contributed by atoms with van der Waals surface area (Å²) in [5.74, 6) is -1.83. The third kappa shape index (κ3) is 6.21. The van der Waals surface area contributed by atoms with Gasteiger partial charge < -0.3 is 20.3 Å². The highest BCUT2D eigenvalue weighted by Gasteiger charge is 2.39. The van der Waals surface area contributed by atoms with Gasteiger partial charge in [-0.05, 0) is 17.0 Å². The number of ether oxygens (including phenoxy) is 1. The topological polar surface area (TPSA) is 105 Å². The van der Waals surface area contributed by atoms with Crippen molar-refractivity contribution in [2.24, 2.45) is 5.92 Å². The zero-order valence-electron chi connectivity index (χ0n) is 19.7. The molecule has 2 aromatic rings. The molecule has 3 rings (SSSR count). The van der Waals surface area contributed by atoms with Gasteiger partial charge in [0.05, 0.1) is 19.6 Å². The van der Waals surface area contributed by atoms with Gasteiger partial charge in [-0.1, -0.05) is 74.5 Å². The Morgan fingerprint density at radius 3 is 2.18 bits per heavy atom. The smallest absolute Gasteiger partial charge is 0.328 e. The van der Waals surface area contributed by atoms with Gasteiger partial charge >= 0.3 is 5.97 Å². The summed E-state index contributed by atoms with van der Waals surface area (Å²) in [6.07, 6.45) is 0.616. The van der Waals surface area contributed by atoms with E-state index in [9.17, 15) is 19.2 Å².